The van der Waals surface area contributed by atoms with Gasteiger partial charge in [-0.2, -0.15) is 0 Å². The van der Waals surface area contributed by atoms with E-state index < -0.39 is 12.0 Å². The highest BCUT2D eigenvalue weighted by Crippen LogP contribution is 2.23. The number of rotatable bonds is 4. The van der Waals surface area contributed by atoms with Crippen LogP contribution in [-0.2, 0) is 4.79 Å². The Balaban J connectivity index is 2.26. The molecule has 1 atom stereocenters. The fourth-order valence-corrected chi connectivity index (χ4v) is 2.00. The zero-order chi connectivity index (χ0) is 13.8. The monoisotopic (exact) mass is 295 g/mol. The van der Waals surface area contributed by atoms with Gasteiger partial charge in [-0.3, -0.25) is 0 Å². The van der Waals surface area contributed by atoms with Gasteiger partial charge in [-0.05, 0) is 35.9 Å². The molecule has 0 amide bonds. The van der Waals surface area contributed by atoms with Crippen molar-refractivity contribution in [2.45, 2.75) is 6.04 Å². The van der Waals surface area contributed by atoms with Gasteiger partial charge in [0.2, 0.25) is 0 Å². The molecule has 19 heavy (non-hydrogen) atoms. The van der Waals surface area contributed by atoms with Crippen LogP contribution in [0.5, 0.6) is 0 Å². The summed E-state index contributed by atoms with van der Waals surface area (Å²) in [5.74, 6) is -0.970. The molecule has 0 saturated heterocycles. The Labute approximate surface area is 120 Å². The lowest BCUT2D eigenvalue weighted by molar-refractivity contribution is -0.138. The van der Waals surface area contributed by atoms with Gasteiger partial charge in [-0.15, -0.1) is 0 Å². The number of carbonyl (C=O) groups is 1. The summed E-state index contributed by atoms with van der Waals surface area (Å²) in [6.45, 7) is 0. The van der Waals surface area contributed by atoms with E-state index in [0.717, 1.165) is 0 Å². The lowest BCUT2D eigenvalue weighted by atomic mass is 10.1. The molecule has 2 aromatic rings. The normalized spacial score (nSPS) is 11.9. The van der Waals surface area contributed by atoms with Crippen LogP contribution in [0.4, 0.5) is 5.69 Å². The summed E-state index contributed by atoms with van der Waals surface area (Å²) in [4.78, 5) is 11.3. The van der Waals surface area contributed by atoms with E-state index in [4.69, 9.17) is 23.2 Å². The topological polar surface area (TPSA) is 49.3 Å². The molecule has 3 nitrogen and oxygen atoms in total. The van der Waals surface area contributed by atoms with E-state index in [2.05, 4.69) is 5.32 Å². The Morgan fingerprint density at radius 3 is 2.32 bits per heavy atom. The first-order valence-electron chi connectivity index (χ1n) is 5.56. The van der Waals surface area contributed by atoms with E-state index in [1.54, 1.807) is 48.5 Å². The second kappa shape index (κ2) is 5.95. The van der Waals surface area contributed by atoms with Crippen LogP contribution in [0, 0.1) is 0 Å². The van der Waals surface area contributed by atoms with E-state index in [1.165, 1.54) is 0 Å². The molecule has 0 saturated carbocycles. The van der Waals surface area contributed by atoms with Gasteiger partial charge in [0.1, 0.15) is 0 Å². The van der Waals surface area contributed by atoms with E-state index in [9.17, 15) is 9.90 Å². The van der Waals surface area contributed by atoms with E-state index in [1.807, 2.05) is 0 Å². The van der Waals surface area contributed by atoms with Crippen LogP contribution in [0.2, 0.25) is 10.0 Å². The third-order valence-electron chi connectivity index (χ3n) is 2.59. The van der Waals surface area contributed by atoms with Gasteiger partial charge in [-0.25, -0.2) is 4.79 Å². The summed E-state index contributed by atoms with van der Waals surface area (Å²) in [6.07, 6.45) is 0. The fourth-order valence-electron chi connectivity index (χ4n) is 1.69. The molecular weight excluding hydrogens is 285 g/mol. The van der Waals surface area contributed by atoms with Crippen molar-refractivity contribution < 1.29 is 9.90 Å². The number of halogens is 2. The lowest BCUT2D eigenvalue weighted by Gasteiger charge is -2.16. The first-order valence-corrected chi connectivity index (χ1v) is 6.32. The van der Waals surface area contributed by atoms with Crippen LogP contribution in [0.25, 0.3) is 0 Å². The van der Waals surface area contributed by atoms with Gasteiger partial charge < -0.3 is 10.4 Å². The number of anilines is 1. The SMILES string of the molecule is O=C(O)[C@@H](Nc1cccc(Cl)c1)c1ccc(Cl)cc1. The first-order chi connectivity index (χ1) is 9.06. The Hall–Kier alpha value is -1.71. The van der Waals surface area contributed by atoms with Crippen molar-refractivity contribution in [2.75, 3.05) is 5.32 Å². The molecule has 2 N–H and O–H groups in total. The predicted octanol–water partition coefficient (Wildman–Crippen LogP) is 4.23. The second-order valence-corrected chi connectivity index (χ2v) is 4.85. The van der Waals surface area contributed by atoms with Gasteiger partial charge in [0.25, 0.3) is 0 Å². The molecule has 0 bridgehead atoms. The van der Waals surface area contributed by atoms with Crippen molar-refractivity contribution in [2.24, 2.45) is 0 Å². The largest absolute Gasteiger partial charge is 0.479 e. The van der Waals surface area contributed by atoms with Crippen molar-refractivity contribution in [1.29, 1.82) is 0 Å². The molecule has 0 unspecified atom stereocenters. The van der Waals surface area contributed by atoms with Crippen LogP contribution in [-0.4, -0.2) is 11.1 Å². The van der Waals surface area contributed by atoms with Crippen molar-refractivity contribution in [3.8, 4) is 0 Å². The van der Waals surface area contributed by atoms with Gasteiger partial charge in [-0.1, -0.05) is 41.4 Å². The summed E-state index contributed by atoms with van der Waals surface area (Å²) in [7, 11) is 0. The van der Waals surface area contributed by atoms with E-state index in [-0.39, 0.29) is 0 Å². The molecule has 0 spiro atoms. The minimum absolute atomic E-state index is 0.547. The minimum Gasteiger partial charge on any atom is -0.479 e. The molecule has 2 rings (SSSR count). The van der Waals surface area contributed by atoms with Crippen LogP contribution in [0.1, 0.15) is 11.6 Å². The average Bonchev–Trinajstić information content (AvgIpc) is 2.37. The molecule has 0 aliphatic carbocycles. The molecule has 0 aliphatic rings. The van der Waals surface area contributed by atoms with Gasteiger partial charge in [0, 0.05) is 15.7 Å². The first kappa shape index (κ1) is 13.7. The van der Waals surface area contributed by atoms with Gasteiger partial charge >= 0.3 is 5.97 Å². The van der Waals surface area contributed by atoms with Gasteiger partial charge in [0.05, 0.1) is 0 Å². The van der Waals surface area contributed by atoms with Crippen molar-refractivity contribution in [3.05, 3.63) is 64.1 Å². The maximum absolute atomic E-state index is 11.3. The summed E-state index contributed by atoms with van der Waals surface area (Å²) >= 11 is 11.7. The summed E-state index contributed by atoms with van der Waals surface area (Å²) in [5.41, 5.74) is 1.27. The second-order valence-electron chi connectivity index (χ2n) is 3.98. The fraction of sp³-hybridized carbons (Fsp3) is 0.0714. The number of aliphatic carboxylic acids is 1. The Morgan fingerprint density at radius 2 is 1.74 bits per heavy atom. The van der Waals surface area contributed by atoms with Crippen LogP contribution < -0.4 is 5.32 Å². The van der Waals surface area contributed by atoms with E-state index in [0.29, 0.717) is 21.3 Å². The average molecular weight is 296 g/mol. The Bertz CT molecular complexity index is 584. The number of hydrogen-bond acceptors (Lipinski definition) is 2. The Kier molecular flexibility index (Phi) is 4.30. The lowest BCUT2D eigenvalue weighted by Crippen LogP contribution is -2.20. The summed E-state index contributed by atoms with van der Waals surface area (Å²) < 4.78 is 0. The van der Waals surface area contributed by atoms with Crippen LogP contribution in [0.15, 0.2) is 48.5 Å². The molecule has 2 aromatic carbocycles. The number of carboxylic acid groups (broad SMARTS) is 1. The highest BCUT2D eigenvalue weighted by molar-refractivity contribution is 6.31. The highest BCUT2D eigenvalue weighted by Gasteiger charge is 2.19. The molecule has 0 aromatic heterocycles. The zero-order valence-electron chi connectivity index (χ0n) is 9.81. The Morgan fingerprint density at radius 1 is 1.05 bits per heavy atom. The number of nitrogens with one attached hydrogen (secondary N) is 1. The highest BCUT2D eigenvalue weighted by atomic mass is 35.5. The van der Waals surface area contributed by atoms with Crippen LogP contribution in [0.3, 0.4) is 0 Å². The predicted molar refractivity (Wildman–Crippen MR) is 76.9 cm³/mol. The summed E-state index contributed by atoms with van der Waals surface area (Å²) in [5, 5.41) is 13.3. The third kappa shape index (κ3) is 3.63. The van der Waals surface area contributed by atoms with E-state index >= 15 is 0 Å². The molecule has 0 fully saturated rings. The quantitative estimate of drug-likeness (QED) is 0.887. The van der Waals surface area contributed by atoms with Crippen molar-refractivity contribution >= 4 is 34.9 Å². The maximum atomic E-state index is 11.3. The maximum Gasteiger partial charge on any atom is 0.330 e. The standard InChI is InChI=1S/C14H11Cl2NO2/c15-10-6-4-9(5-7-10)13(14(18)19)17-12-3-1-2-11(16)8-12/h1-8,13,17H,(H,18,19)/t13-/m0/s1. The number of hydrogen-bond donors (Lipinski definition) is 2. The molecule has 98 valence electrons. The summed E-state index contributed by atoms with van der Waals surface area (Å²) in [6, 6.07) is 12.7. The third-order valence-corrected chi connectivity index (χ3v) is 3.07. The molecule has 0 aliphatic heterocycles. The molecule has 5 heteroatoms. The molecular formula is C14H11Cl2NO2. The smallest absolute Gasteiger partial charge is 0.330 e. The van der Waals surface area contributed by atoms with Crippen molar-refractivity contribution in [1.82, 2.24) is 0 Å². The van der Waals surface area contributed by atoms with Gasteiger partial charge in [0.15, 0.2) is 6.04 Å². The molecule has 0 radical (unpaired) electrons. The number of benzene rings is 2. The van der Waals surface area contributed by atoms with Crippen molar-refractivity contribution in [3.63, 3.8) is 0 Å². The molecule has 0 heterocycles. The number of carboxylic acids is 1. The zero-order valence-corrected chi connectivity index (χ0v) is 11.3. The van der Waals surface area contributed by atoms with Crippen LogP contribution >= 0.6 is 23.2 Å². The minimum atomic E-state index is -0.970.